The minimum absolute atomic E-state index is 0.0703. The third-order valence-corrected chi connectivity index (χ3v) is 4.59. The van der Waals surface area contributed by atoms with E-state index in [-0.39, 0.29) is 11.3 Å². The summed E-state index contributed by atoms with van der Waals surface area (Å²) in [7, 11) is 0. The van der Waals surface area contributed by atoms with Crippen molar-refractivity contribution in [3.63, 3.8) is 0 Å². The van der Waals surface area contributed by atoms with Gasteiger partial charge in [0.15, 0.2) is 0 Å². The molecule has 0 aromatic rings. The molecule has 2 N–H and O–H groups in total. The number of carbonyl (C=O) groups is 2. The number of carboxylic acids is 1. The summed E-state index contributed by atoms with van der Waals surface area (Å²) in [5.74, 6) is -0.760. The van der Waals surface area contributed by atoms with Gasteiger partial charge >= 0.3 is 5.97 Å². The molecule has 0 saturated heterocycles. The van der Waals surface area contributed by atoms with Crippen molar-refractivity contribution in [3.8, 4) is 0 Å². The molecule has 0 aromatic carbocycles. The first-order chi connectivity index (χ1) is 9.84. The minimum atomic E-state index is -0.830. The molecular formula is C16H29NO4. The van der Waals surface area contributed by atoms with Crippen LogP contribution in [0.1, 0.15) is 59.3 Å². The molecule has 0 heterocycles. The predicted octanol–water partition coefficient (Wildman–Crippen LogP) is 2.59. The molecule has 1 amide bonds. The summed E-state index contributed by atoms with van der Waals surface area (Å²) >= 11 is 0. The van der Waals surface area contributed by atoms with Crippen molar-refractivity contribution in [1.82, 2.24) is 5.32 Å². The molecule has 5 heteroatoms. The first-order valence-corrected chi connectivity index (χ1v) is 7.93. The number of carboxylic acid groups (broad SMARTS) is 1. The molecular weight excluding hydrogens is 270 g/mol. The van der Waals surface area contributed by atoms with Crippen LogP contribution in [-0.4, -0.2) is 36.7 Å². The molecule has 0 spiro atoms. The molecule has 0 atom stereocenters. The van der Waals surface area contributed by atoms with Crippen LogP contribution < -0.4 is 5.32 Å². The second-order valence-electron chi connectivity index (χ2n) is 6.63. The average Bonchev–Trinajstić information content (AvgIpc) is 2.88. The molecule has 1 saturated carbocycles. The Hall–Kier alpha value is -1.10. The van der Waals surface area contributed by atoms with Gasteiger partial charge < -0.3 is 15.2 Å². The van der Waals surface area contributed by atoms with Crippen molar-refractivity contribution in [2.24, 2.45) is 10.8 Å². The summed E-state index contributed by atoms with van der Waals surface area (Å²) in [5.41, 5.74) is -1.11. The van der Waals surface area contributed by atoms with Crippen LogP contribution in [0.25, 0.3) is 0 Å². The van der Waals surface area contributed by atoms with Gasteiger partial charge in [0.05, 0.1) is 10.8 Å². The van der Waals surface area contributed by atoms with Crippen molar-refractivity contribution in [3.05, 3.63) is 0 Å². The van der Waals surface area contributed by atoms with E-state index in [4.69, 9.17) is 9.84 Å². The van der Waals surface area contributed by atoms with E-state index >= 15 is 0 Å². The molecule has 1 aliphatic carbocycles. The van der Waals surface area contributed by atoms with Gasteiger partial charge in [0.25, 0.3) is 0 Å². The standard InChI is InChI=1S/C16H29NO4/c1-4-21-12-10-16(7-5-6-8-16)13(18)17-11-9-15(2,3)14(19)20/h4-12H2,1-3H3,(H,17,18)(H,19,20). The zero-order chi connectivity index (χ0) is 15.9. The van der Waals surface area contributed by atoms with Gasteiger partial charge in [-0.05, 0) is 46.5 Å². The summed E-state index contributed by atoms with van der Waals surface area (Å²) in [6.45, 7) is 7.02. The van der Waals surface area contributed by atoms with E-state index in [0.717, 1.165) is 32.1 Å². The lowest BCUT2D eigenvalue weighted by Gasteiger charge is -2.28. The molecule has 0 bridgehead atoms. The Morgan fingerprint density at radius 3 is 2.43 bits per heavy atom. The largest absolute Gasteiger partial charge is 0.481 e. The van der Waals surface area contributed by atoms with E-state index in [2.05, 4.69) is 5.32 Å². The normalized spacial score (nSPS) is 17.7. The molecule has 1 aliphatic rings. The topological polar surface area (TPSA) is 75.6 Å². The van der Waals surface area contributed by atoms with Crippen molar-refractivity contribution in [2.45, 2.75) is 59.3 Å². The summed E-state index contributed by atoms with van der Waals surface area (Å²) in [4.78, 5) is 23.6. The van der Waals surface area contributed by atoms with E-state index in [1.165, 1.54) is 0 Å². The summed E-state index contributed by atoms with van der Waals surface area (Å²) in [6, 6.07) is 0. The van der Waals surface area contributed by atoms with Crippen LogP contribution in [0.5, 0.6) is 0 Å². The van der Waals surface area contributed by atoms with E-state index in [1.807, 2.05) is 6.92 Å². The van der Waals surface area contributed by atoms with E-state index in [9.17, 15) is 9.59 Å². The highest BCUT2D eigenvalue weighted by molar-refractivity contribution is 5.83. The van der Waals surface area contributed by atoms with Crippen LogP contribution in [0.15, 0.2) is 0 Å². The minimum Gasteiger partial charge on any atom is -0.481 e. The lowest BCUT2D eigenvalue weighted by molar-refractivity contribution is -0.147. The van der Waals surface area contributed by atoms with Gasteiger partial charge in [-0.3, -0.25) is 9.59 Å². The monoisotopic (exact) mass is 299 g/mol. The predicted molar refractivity (Wildman–Crippen MR) is 81.1 cm³/mol. The number of nitrogens with one attached hydrogen (secondary N) is 1. The third-order valence-electron chi connectivity index (χ3n) is 4.59. The molecule has 0 aromatic heterocycles. The zero-order valence-corrected chi connectivity index (χ0v) is 13.5. The second kappa shape index (κ2) is 7.78. The number of aliphatic carboxylic acids is 1. The maximum absolute atomic E-state index is 12.5. The number of hydrogen-bond donors (Lipinski definition) is 2. The van der Waals surface area contributed by atoms with E-state index in [1.54, 1.807) is 13.8 Å². The van der Waals surface area contributed by atoms with E-state index in [0.29, 0.717) is 26.2 Å². The number of carbonyl (C=O) groups excluding carboxylic acids is 1. The van der Waals surface area contributed by atoms with Crippen LogP contribution >= 0.6 is 0 Å². The number of amides is 1. The summed E-state index contributed by atoms with van der Waals surface area (Å²) in [6.07, 6.45) is 5.19. The van der Waals surface area contributed by atoms with Crippen molar-refractivity contribution in [1.29, 1.82) is 0 Å². The Bertz CT molecular complexity index is 359. The first-order valence-electron chi connectivity index (χ1n) is 7.93. The smallest absolute Gasteiger partial charge is 0.309 e. The van der Waals surface area contributed by atoms with Crippen molar-refractivity contribution >= 4 is 11.9 Å². The molecule has 21 heavy (non-hydrogen) atoms. The van der Waals surface area contributed by atoms with Gasteiger partial charge in [0.1, 0.15) is 0 Å². The van der Waals surface area contributed by atoms with Crippen LogP contribution in [0.3, 0.4) is 0 Å². The third kappa shape index (κ3) is 4.99. The van der Waals surface area contributed by atoms with Crippen LogP contribution in [0.4, 0.5) is 0 Å². The van der Waals surface area contributed by atoms with Gasteiger partial charge in [-0.25, -0.2) is 0 Å². The number of ether oxygens (including phenoxy) is 1. The second-order valence-corrected chi connectivity index (χ2v) is 6.63. The summed E-state index contributed by atoms with van der Waals surface area (Å²) in [5, 5.41) is 12.0. The highest BCUT2D eigenvalue weighted by Crippen LogP contribution is 2.41. The Labute approximate surface area is 127 Å². The maximum atomic E-state index is 12.5. The fraction of sp³-hybridized carbons (Fsp3) is 0.875. The number of hydrogen-bond acceptors (Lipinski definition) is 3. The average molecular weight is 299 g/mol. The van der Waals surface area contributed by atoms with Crippen LogP contribution in [0, 0.1) is 10.8 Å². The molecule has 1 fully saturated rings. The van der Waals surface area contributed by atoms with E-state index < -0.39 is 11.4 Å². The van der Waals surface area contributed by atoms with Crippen molar-refractivity contribution < 1.29 is 19.4 Å². The lowest BCUT2D eigenvalue weighted by Crippen LogP contribution is -2.41. The highest BCUT2D eigenvalue weighted by Gasteiger charge is 2.40. The van der Waals surface area contributed by atoms with Crippen molar-refractivity contribution in [2.75, 3.05) is 19.8 Å². The van der Waals surface area contributed by atoms with Gasteiger partial charge in [-0.1, -0.05) is 12.8 Å². The zero-order valence-electron chi connectivity index (χ0n) is 13.5. The fourth-order valence-corrected chi connectivity index (χ4v) is 2.84. The lowest BCUT2D eigenvalue weighted by atomic mass is 9.81. The van der Waals surface area contributed by atoms with Gasteiger partial charge in [-0.2, -0.15) is 0 Å². The molecule has 122 valence electrons. The quantitative estimate of drug-likeness (QED) is 0.642. The SMILES string of the molecule is CCOCCC1(C(=O)NCCC(C)(C)C(=O)O)CCCC1. The van der Waals surface area contributed by atoms with Gasteiger partial charge in [0, 0.05) is 19.8 Å². The Morgan fingerprint density at radius 1 is 1.29 bits per heavy atom. The molecule has 0 aliphatic heterocycles. The Kier molecular flexibility index (Phi) is 6.65. The maximum Gasteiger partial charge on any atom is 0.309 e. The van der Waals surface area contributed by atoms with Gasteiger partial charge in [0.2, 0.25) is 5.91 Å². The number of rotatable bonds is 9. The van der Waals surface area contributed by atoms with Crippen LogP contribution in [-0.2, 0) is 14.3 Å². The van der Waals surface area contributed by atoms with Crippen LogP contribution in [0.2, 0.25) is 0 Å². The fourth-order valence-electron chi connectivity index (χ4n) is 2.84. The summed E-state index contributed by atoms with van der Waals surface area (Å²) < 4.78 is 5.40. The molecule has 0 unspecified atom stereocenters. The highest BCUT2D eigenvalue weighted by atomic mass is 16.5. The molecule has 1 rings (SSSR count). The Balaban J connectivity index is 2.48. The first kappa shape index (κ1) is 18.0. The molecule has 5 nitrogen and oxygen atoms in total. The Morgan fingerprint density at radius 2 is 1.90 bits per heavy atom. The van der Waals surface area contributed by atoms with Gasteiger partial charge in [-0.15, -0.1) is 0 Å². The molecule has 0 radical (unpaired) electrons.